The molecule has 1 aliphatic heterocycles. The van der Waals surface area contributed by atoms with E-state index in [0.717, 1.165) is 0 Å². The zero-order chi connectivity index (χ0) is 26.0. The highest BCUT2D eigenvalue weighted by Crippen LogP contribution is 2.58. The molecule has 1 aliphatic rings. The number of amides is 2. The van der Waals surface area contributed by atoms with Gasteiger partial charge in [-0.05, 0) is 37.1 Å². The summed E-state index contributed by atoms with van der Waals surface area (Å²) in [5.41, 5.74) is 13.3. The molecule has 0 radical (unpaired) electrons. The van der Waals surface area contributed by atoms with Gasteiger partial charge in [-0.1, -0.05) is 60.7 Å². The van der Waals surface area contributed by atoms with Crippen molar-refractivity contribution in [1.82, 2.24) is 10.6 Å². The minimum atomic E-state index is -0.725. The predicted octanol–water partition coefficient (Wildman–Crippen LogP) is 3.62. The quantitative estimate of drug-likeness (QED) is 0.305. The van der Waals surface area contributed by atoms with Gasteiger partial charge < -0.3 is 41.0 Å². The van der Waals surface area contributed by atoms with Crippen LogP contribution in [-0.4, -0.2) is 45.2 Å². The fraction of sp³-hybridized carbons (Fsp3) is 0.259. The number of ether oxygens (including phenoxy) is 4. The molecule has 0 bridgehead atoms. The van der Waals surface area contributed by atoms with Crippen LogP contribution in [0, 0.1) is 0 Å². The number of benzene rings is 3. The van der Waals surface area contributed by atoms with E-state index in [0.29, 0.717) is 72.8 Å². The third-order valence-electron chi connectivity index (χ3n) is 5.54. The first-order valence-electron chi connectivity index (χ1n) is 12.1. The Bertz CT molecular complexity index is 1130. The lowest BCUT2D eigenvalue weighted by Gasteiger charge is -2.21. The summed E-state index contributed by atoms with van der Waals surface area (Å²) in [5, 5.41) is 5.35. The molecule has 0 unspecified atom stereocenters. The van der Waals surface area contributed by atoms with Crippen LogP contribution in [0.5, 0.6) is 23.0 Å². The molecule has 194 valence electrons. The smallest absolute Gasteiger partial charge is 0.412 e. The lowest BCUT2D eigenvalue weighted by atomic mass is 9.95. The predicted molar refractivity (Wildman–Crippen MR) is 139 cm³/mol. The molecular formula is C27H30N4O6. The van der Waals surface area contributed by atoms with Gasteiger partial charge in [0.2, 0.25) is 6.79 Å². The standard InChI is InChI=1S/C27H30N4O6/c28-13-7-15-30-26(32)36-24-20(18-9-3-1-4-10-18)22-23(35-17-34-22)21(19-11-5-2-6-12-19)25(24)37-27(33)31-16-8-14-29/h1-6,9-12H,7-8,13-17,28-29H2,(H,30,32)(H,31,33). The highest BCUT2D eigenvalue weighted by Gasteiger charge is 2.35. The number of hydrogen-bond acceptors (Lipinski definition) is 8. The van der Waals surface area contributed by atoms with E-state index in [1.165, 1.54) is 0 Å². The molecule has 1 heterocycles. The first-order valence-corrected chi connectivity index (χ1v) is 12.1. The lowest BCUT2D eigenvalue weighted by molar-refractivity contribution is 0.174. The zero-order valence-corrected chi connectivity index (χ0v) is 20.3. The van der Waals surface area contributed by atoms with Crippen molar-refractivity contribution in [2.24, 2.45) is 11.5 Å². The molecule has 0 fully saturated rings. The summed E-state index contributed by atoms with van der Waals surface area (Å²) in [6.45, 7) is 1.41. The number of nitrogens with two attached hydrogens (primary N) is 2. The van der Waals surface area contributed by atoms with Gasteiger partial charge in [0.05, 0.1) is 11.1 Å². The van der Waals surface area contributed by atoms with Crippen LogP contribution in [0.2, 0.25) is 0 Å². The Morgan fingerprint density at radius 3 is 1.49 bits per heavy atom. The maximum absolute atomic E-state index is 12.9. The molecule has 2 amide bonds. The molecule has 4 rings (SSSR count). The lowest BCUT2D eigenvalue weighted by Crippen LogP contribution is -2.31. The Morgan fingerprint density at radius 1 is 0.703 bits per heavy atom. The molecule has 6 N–H and O–H groups in total. The van der Waals surface area contributed by atoms with Gasteiger partial charge in [0.15, 0.2) is 23.0 Å². The SMILES string of the molecule is NCCCNC(=O)Oc1c(OC(=O)NCCCN)c(-c2ccccc2)c2c(c1-c1ccccc1)OCO2. The van der Waals surface area contributed by atoms with Crippen molar-refractivity contribution >= 4 is 12.2 Å². The maximum atomic E-state index is 12.9. The van der Waals surface area contributed by atoms with E-state index in [1.807, 2.05) is 60.7 Å². The highest BCUT2D eigenvalue weighted by molar-refractivity contribution is 5.96. The average molecular weight is 507 g/mol. The van der Waals surface area contributed by atoms with Gasteiger partial charge in [-0.2, -0.15) is 0 Å². The summed E-state index contributed by atoms with van der Waals surface area (Å²) in [5.74, 6) is 0.804. The van der Waals surface area contributed by atoms with Gasteiger partial charge in [-0.25, -0.2) is 9.59 Å². The van der Waals surface area contributed by atoms with Gasteiger partial charge >= 0.3 is 12.2 Å². The Balaban J connectivity index is 1.91. The van der Waals surface area contributed by atoms with Crippen molar-refractivity contribution in [2.45, 2.75) is 12.8 Å². The van der Waals surface area contributed by atoms with Crippen LogP contribution in [0.1, 0.15) is 12.8 Å². The van der Waals surface area contributed by atoms with Gasteiger partial charge in [-0.15, -0.1) is 0 Å². The van der Waals surface area contributed by atoms with E-state index < -0.39 is 12.2 Å². The van der Waals surface area contributed by atoms with Crippen LogP contribution >= 0.6 is 0 Å². The van der Waals surface area contributed by atoms with E-state index in [9.17, 15) is 9.59 Å². The number of rotatable bonds is 10. The van der Waals surface area contributed by atoms with E-state index in [1.54, 1.807) is 0 Å². The van der Waals surface area contributed by atoms with Gasteiger partial charge in [0.25, 0.3) is 0 Å². The molecule has 3 aromatic rings. The minimum absolute atomic E-state index is 0.0218. The maximum Gasteiger partial charge on any atom is 0.412 e. The van der Waals surface area contributed by atoms with E-state index in [4.69, 9.17) is 30.4 Å². The molecule has 10 heteroatoms. The van der Waals surface area contributed by atoms with Crippen molar-refractivity contribution in [2.75, 3.05) is 33.0 Å². The monoisotopic (exact) mass is 506 g/mol. The highest BCUT2D eigenvalue weighted by atomic mass is 16.7. The number of fused-ring (bicyclic) bond motifs is 1. The van der Waals surface area contributed by atoms with E-state index >= 15 is 0 Å². The van der Waals surface area contributed by atoms with E-state index in [2.05, 4.69) is 10.6 Å². The molecular weight excluding hydrogens is 476 g/mol. The van der Waals surface area contributed by atoms with Crippen LogP contribution in [-0.2, 0) is 0 Å². The van der Waals surface area contributed by atoms with Crippen molar-refractivity contribution in [3.63, 3.8) is 0 Å². The Labute approximate surface area is 214 Å². The molecule has 3 aromatic carbocycles. The van der Waals surface area contributed by atoms with Crippen LogP contribution in [0.25, 0.3) is 22.3 Å². The molecule has 10 nitrogen and oxygen atoms in total. The molecule has 0 saturated carbocycles. The van der Waals surface area contributed by atoms with Gasteiger partial charge in [0.1, 0.15) is 0 Å². The summed E-state index contributed by atoms with van der Waals surface area (Å²) in [7, 11) is 0. The normalized spacial score (nSPS) is 11.6. The largest absolute Gasteiger partial charge is 0.453 e. The van der Waals surface area contributed by atoms with Crippen molar-refractivity contribution in [3.8, 4) is 45.3 Å². The van der Waals surface area contributed by atoms with Crippen LogP contribution in [0.3, 0.4) is 0 Å². The molecule has 0 spiro atoms. The summed E-state index contributed by atoms with van der Waals surface area (Å²) in [6.07, 6.45) is -0.303. The average Bonchev–Trinajstić information content (AvgIpc) is 3.39. The molecule has 0 saturated heterocycles. The number of carbonyl (C=O) groups is 2. The minimum Gasteiger partial charge on any atom is -0.453 e. The Hall–Kier alpha value is -4.28. The van der Waals surface area contributed by atoms with Crippen LogP contribution in [0.15, 0.2) is 60.7 Å². The zero-order valence-electron chi connectivity index (χ0n) is 20.3. The summed E-state index contributed by atoms with van der Waals surface area (Å²) >= 11 is 0. The summed E-state index contributed by atoms with van der Waals surface area (Å²) in [4.78, 5) is 25.7. The molecule has 37 heavy (non-hydrogen) atoms. The third kappa shape index (κ3) is 6.11. The topological polar surface area (TPSA) is 147 Å². The van der Waals surface area contributed by atoms with E-state index in [-0.39, 0.29) is 18.3 Å². The third-order valence-corrected chi connectivity index (χ3v) is 5.54. The second-order valence-electron chi connectivity index (χ2n) is 8.12. The van der Waals surface area contributed by atoms with Crippen molar-refractivity contribution in [1.29, 1.82) is 0 Å². The van der Waals surface area contributed by atoms with Crippen LogP contribution in [0.4, 0.5) is 9.59 Å². The number of carbonyl (C=O) groups excluding carboxylic acids is 2. The Kier molecular flexibility index (Phi) is 8.79. The second-order valence-corrected chi connectivity index (χ2v) is 8.12. The number of hydrogen-bond donors (Lipinski definition) is 4. The molecule has 0 aromatic heterocycles. The first-order chi connectivity index (χ1) is 18.1. The summed E-state index contributed by atoms with van der Waals surface area (Å²) in [6, 6.07) is 18.4. The van der Waals surface area contributed by atoms with Gasteiger partial charge in [0, 0.05) is 13.1 Å². The summed E-state index contributed by atoms with van der Waals surface area (Å²) < 4.78 is 23.5. The molecule has 0 atom stereocenters. The fourth-order valence-electron chi connectivity index (χ4n) is 3.85. The first kappa shape index (κ1) is 25.8. The van der Waals surface area contributed by atoms with Gasteiger partial charge in [-0.3, -0.25) is 0 Å². The van der Waals surface area contributed by atoms with Crippen LogP contribution < -0.4 is 41.0 Å². The molecule has 0 aliphatic carbocycles. The fourth-order valence-corrected chi connectivity index (χ4v) is 3.85. The Morgan fingerprint density at radius 2 is 1.11 bits per heavy atom. The number of nitrogens with one attached hydrogen (secondary N) is 2. The van der Waals surface area contributed by atoms with Crippen molar-refractivity contribution < 1.29 is 28.5 Å². The van der Waals surface area contributed by atoms with Crippen molar-refractivity contribution in [3.05, 3.63) is 60.7 Å². The second kappa shape index (κ2) is 12.6.